The van der Waals surface area contributed by atoms with E-state index in [2.05, 4.69) is 0 Å². The van der Waals surface area contributed by atoms with Crippen molar-refractivity contribution in [3.63, 3.8) is 0 Å². The predicted molar refractivity (Wildman–Crippen MR) is 85.2 cm³/mol. The first-order valence-electron chi connectivity index (χ1n) is 7.71. The second-order valence-electron chi connectivity index (χ2n) is 5.36. The summed E-state index contributed by atoms with van der Waals surface area (Å²) in [5.74, 6) is -3.41. The van der Waals surface area contributed by atoms with Crippen LogP contribution in [0.1, 0.15) is 55.6 Å². The lowest BCUT2D eigenvalue weighted by Gasteiger charge is -2.14. The standard InChI is InChI=1S/C16H22N2O6/c1-6-13-14(8-12(9(3)19)15(22)24-7-2)18(11(5)21)16(23)17(13)10(4)20/h12H,6-8H2,1-5H3. The highest BCUT2D eigenvalue weighted by Crippen LogP contribution is 2.17. The van der Waals surface area contributed by atoms with Gasteiger partial charge in [0, 0.05) is 20.3 Å². The quantitative estimate of drug-likeness (QED) is 0.562. The van der Waals surface area contributed by atoms with Crippen molar-refractivity contribution >= 4 is 23.6 Å². The molecule has 0 fully saturated rings. The summed E-state index contributed by atoms with van der Waals surface area (Å²) < 4.78 is 6.63. The third kappa shape index (κ3) is 3.69. The molecule has 0 saturated carbocycles. The topological polar surface area (TPSA) is 104 Å². The molecular weight excluding hydrogens is 316 g/mol. The van der Waals surface area contributed by atoms with Crippen LogP contribution in [0, 0.1) is 5.92 Å². The summed E-state index contributed by atoms with van der Waals surface area (Å²) in [6.45, 7) is 7.08. The van der Waals surface area contributed by atoms with Gasteiger partial charge in [0.25, 0.3) is 0 Å². The second-order valence-corrected chi connectivity index (χ2v) is 5.36. The van der Waals surface area contributed by atoms with Gasteiger partial charge in [0.2, 0.25) is 11.8 Å². The summed E-state index contributed by atoms with van der Waals surface area (Å²) in [4.78, 5) is 59.9. The molecule has 8 nitrogen and oxygen atoms in total. The van der Waals surface area contributed by atoms with Crippen LogP contribution in [-0.4, -0.2) is 39.3 Å². The van der Waals surface area contributed by atoms with Crippen LogP contribution in [0.4, 0.5) is 0 Å². The Bertz CT molecular complexity index is 740. The molecule has 1 aromatic rings. The largest absolute Gasteiger partial charge is 0.465 e. The SMILES string of the molecule is CCOC(=O)C(Cc1c(CC)n(C(C)=O)c(=O)n1C(C)=O)C(C)=O. The van der Waals surface area contributed by atoms with Crippen molar-refractivity contribution in [3.05, 3.63) is 21.9 Å². The molecule has 0 aliphatic carbocycles. The van der Waals surface area contributed by atoms with Crippen LogP contribution >= 0.6 is 0 Å². The lowest BCUT2D eigenvalue weighted by molar-refractivity contribution is -0.151. The Kier molecular flexibility index (Phi) is 6.39. The number of carbonyl (C=O) groups is 4. The first kappa shape index (κ1) is 19.5. The predicted octanol–water partition coefficient (Wildman–Crippen LogP) is 0.843. The molecule has 0 aliphatic rings. The summed E-state index contributed by atoms with van der Waals surface area (Å²) in [5.41, 5.74) is -0.273. The maximum Gasteiger partial charge on any atom is 0.342 e. The number of ketones is 1. The molecular formula is C16H22N2O6. The Morgan fingerprint density at radius 3 is 1.83 bits per heavy atom. The van der Waals surface area contributed by atoms with Crippen molar-refractivity contribution in [2.45, 2.75) is 47.5 Å². The minimum absolute atomic E-state index is 0.108. The fourth-order valence-electron chi connectivity index (χ4n) is 2.64. The zero-order valence-corrected chi connectivity index (χ0v) is 14.5. The van der Waals surface area contributed by atoms with E-state index in [4.69, 9.17) is 4.74 Å². The molecule has 1 atom stereocenters. The number of esters is 1. The van der Waals surface area contributed by atoms with Gasteiger partial charge >= 0.3 is 11.7 Å². The summed E-state index contributed by atoms with van der Waals surface area (Å²) in [6.07, 6.45) is 0.115. The Morgan fingerprint density at radius 1 is 0.958 bits per heavy atom. The van der Waals surface area contributed by atoms with Crippen LogP contribution in [0.5, 0.6) is 0 Å². The molecule has 1 heterocycles. The summed E-state index contributed by atoms with van der Waals surface area (Å²) in [6, 6.07) is 0. The van der Waals surface area contributed by atoms with E-state index >= 15 is 0 Å². The zero-order chi connectivity index (χ0) is 18.6. The minimum Gasteiger partial charge on any atom is -0.465 e. The number of ether oxygens (including phenoxy) is 1. The van der Waals surface area contributed by atoms with Crippen LogP contribution in [0.25, 0.3) is 0 Å². The van der Waals surface area contributed by atoms with E-state index in [1.807, 2.05) is 0 Å². The first-order valence-corrected chi connectivity index (χ1v) is 7.71. The average Bonchev–Trinajstić information content (AvgIpc) is 2.76. The van der Waals surface area contributed by atoms with Gasteiger partial charge in [-0.05, 0) is 20.3 Å². The first-order chi connectivity index (χ1) is 11.2. The third-order valence-electron chi connectivity index (χ3n) is 3.68. The highest BCUT2D eigenvalue weighted by Gasteiger charge is 2.31. The number of hydrogen-bond donors (Lipinski definition) is 0. The molecule has 24 heavy (non-hydrogen) atoms. The normalized spacial score (nSPS) is 11.9. The monoisotopic (exact) mass is 338 g/mol. The van der Waals surface area contributed by atoms with E-state index in [0.717, 1.165) is 9.13 Å². The molecule has 132 valence electrons. The highest BCUT2D eigenvalue weighted by molar-refractivity contribution is 5.98. The van der Waals surface area contributed by atoms with E-state index in [1.54, 1.807) is 13.8 Å². The van der Waals surface area contributed by atoms with E-state index < -0.39 is 35.2 Å². The van der Waals surface area contributed by atoms with Crippen molar-refractivity contribution in [1.29, 1.82) is 0 Å². The van der Waals surface area contributed by atoms with Gasteiger partial charge < -0.3 is 4.74 Å². The maximum absolute atomic E-state index is 12.4. The number of carbonyl (C=O) groups excluding carboxylic acids is 4. The second kappa shape index (κ2) is 7.85. The maximum atomic E-state index is 12.4. The van der Waals surface area contributed by atoms with Gasteiger partial charge in [0.05, 0.1) is 18.0 Å². The van der Waals surface area contributed by atoms with E-state index in [-0.39, 0.29) is 25.1 Å². The summed E-state index contributed by atoms with van der Waals surface area (Å²) in [5, 5.41) is 0. The minimum atomic E-state index is -1.14. The number of imidazole rings is 1. The van der Waals surface area contributed by atoms with Crippen LogP contribution < -0.4 is 5.69 Å². The van der Waals surface area contributed by atoms with Gasteiger partial charge in [0.1, 0.15) is 11.7 Å². The molecule has 1 rings (SSSR count). The molecule has 0 bridgehead atoms. The molecule has 0 N–H and O–H groups in total. The fourth-order valence-corrected chi connectivity index (χ4v) is 2.64. The van der Waals surface area contributed by atoms with Gasteiger partial charge in [-0.3, -0.25) is 19.2 Å². The molecule has 0 saturated heterocycles. The molecule has 0 radical (unpaired) electrons. The third-order valence-corrected chi connectivity index (χ3v) is 3.68. The van der Waals surface area contributed by atoms with Crippen molar-refractivity contribution < 1.29 is 23.9 Å². The zero-order valence-electron chi connectivity index (χ0n) is 14.5. The number of nitrogens with zero attached hydrogens (tertiary/aromatic N) is 2. The van der Waals surface area contributed by atoms with Gasteiger partial charge in [-0.25, -0.2) is 13.9 Å². The van der Waals surface area contributed by atoms with Crippen LogP contribution in [0.3, 0.4) is 0 Å². The van der Waals surface area contributed by atoms with Crippen LogP contribution in [0.15, 0.2) is 4.79 Å². The number of Topliss-reactive ketones (excluding diaryl/α,β-unsaturated/α-hetero) is 1. The smallest absolute Gasteiger partial charge is 0.342 e. The lowest BCUT2D eigenvalue weighted by atomic mass is 9.97. The van der Waals surface area contributed by atoms with Gasteiger partial charge in [-0.2, -0.15) is 0 Å². The van der Waals surface area contributed by atoms with Gasteiger partial charge in [0.15, 0.2) is 0 Å². The van der Waals surface area contributed by atoms with Crippen LogP contribution in [0.2, 0.25) is 0 Å². The Balaban J connectivity index is 3.56. The van der Waals surface area contributed by atoms with Crippen molar-refractivity contribution in [2.24, 2.45) is 5.92 Å². The molecule has 1 aromatic heterocycles. The lowest BCUT2D eigenvalue weighted by Crippen LogP contribution is -2.32. The van der Waals surface area contributed by atoms with Crippen molar-refractivity contribution in [3.8, 4) is 0 Å². The van der Waals surface area contributed by atoms with E-state index in [9.17, 15) is 24.0 Å². The van der Waals surface area contributed by atoms with Gasteiger partial charge in [-0.1, -0.05) is 6.92 Å². The summed E-state index contributed by atoms with van der Waals surface area (Å²) >= 11 is 0. The number of hydrogen-bond acceptors (Lipinski definition) is 6. The average molecular weight is 338 g/mol. The Labute approximate surface area is 139 Å². The van der Waals surface area contributed by atoms with E-state index in [1.165, 1.54) is 20.8 Å². The highest BCUT2D eigenvalue weighted by atomic mass is 16.5. The number of rotatable bonds is 6. The molecule has 0 spiro atoms. The van der Waals surface area contributed by atoms with E-state index in [0.29, 0.717) is 5.69 Å². The fraction of sp³-hybridized carbons (Fsp3) is 0.562. The Hall–Kier alpha value is -2.51. The molecule has 0 aromatic carbocycles. The molecule has 8 heteroatoms. The molecule has 0 amide bonds. The molecule has 1 unspecified atom stereocenters. The van der Waals surface area contributed by atoms with Crippen molar-refractivity contribution in [2.75, 3.05) is 6.61 Å². The number of aromatic nitrogens is 2. The van der Waals surface area contributed by atoms with Crippen LogP contribution in [-0.2, 0) is 27.2 Å². The van der Waals surface area contributed by atoms with Gasteiger partial charge in [-0.15, -0.1) is 0 Å². The summed E-state index contributed by atoms with van der Waals surface area (Å²) in [7, 11) is 0. The molecule has 0 aliphatic heterocycles. The van der Waals surface area contributed by atoms with Crippen molar-refractivity contribution in [1.82, 2.24) is 9.13 Å². The Morgan fingerprint density at radius 2 is 1.46 bits per heavy atom.